The number of hydrogen-bond acceptors (Lipinski definition) is 5. The van der Waals surface area contributed by atoms with Gasteiger partial charge in [-0.05, 0) is 44.5 Å². The standard InChI is InChI=1S/C18H25N3O3/c1-6-18(4,5)20-15(22)11-23-14-9-7-13(8-10-14)17-19-16(12(2)3)21-24-17/h7-10,12H,6,11H2,1-5H3,(H,20,22). The molecule has 1 N–H and O–H groups in total. The number of hydrogen-bond donors (Lipinski definition) is 1. The van der Waals surface area contributed by atoms with E-state index in [1.807, 2.05) is 46.8 Å². The van der Waals surface area contributed by atoms with E-state index in [1.54, 1.807) is 12.1 Å². The number of benzene rings is 1. The molecular weight excluding hydrogens is 306 g/mol. The Morgan fingerprint density at radius 2 is 1.96 bits per heavy atom. The van der Waals surface area contributed by atoms with Crippen LogP contribution in [0.5, 0.6) is 5.75 Å². The van der Waals surface area contributed by atoms with Crippen molar-refractivity contribution >= 4 is 5.91 Å². The molecule has 6 heteroatoms. The lowest BCUT2D eigenvalue weighted by Gasteiger charge is -2.24. The first-order valence-corrected chi connectivity index (χ1v) is 8.18. The van der Waals surface area contributed by atoms with Crippen LogP contribution in [-0.2, 0) is 4.79 Å². The molecule has 0 unspecified atom stereocenters. The summed E-state index contributed by atoms with van der Waals surface area (Å²) in [5, 5.41) is 6.88. The molecule has 24 heavy (non-hydrogen) atoms. The van der Waals surface area contributed by atoms with Gasteiger partial charge in [0.1, 0.15) is 5.75 Å². The van der Waals surface area contributed by atoms with E-state index in [0.29, 0.717) is 17.5 Å². The highest BCUT2D eigenvalue weighted by molar-refractivity contribution is 5.78. The number of nitrogens with one attached hydrogen (secondary N) is 1. The summed E-state index contributed by atoms with van der Waals surface area (Å²) >= 11 is 0. The summed E-state index contributed by atoms with van der Waals surface area (Å²) in [6.07, 6.45) is 0.857. The number of rotatable bonds is 7. The predicted octanol–water partition coefficient (Wildman–Crippen LogP) is 3.54. The summed E-state index contributed by atoms with van der Waals surface area (Å²) in [6, 6.07) is 7.24. The number of nitrogens with zero attached hydrogens (tertiary/aromatic N) is 2. The second-order valence-corrected chi connectivity index (χ2v) is 6.71. The van der Waals surface area contributed by atoms with Crippen LogP contribution in [0.25, 0.3) is 11.5 Å². The fourth-order valence-corrected chi connectivity index (χ4v) is 1.93. The highest BCUT2D eigenvalue weighted by atomic mass is 16.5. The Kier molecular flexibility index (Phi) is 5.59. The first-order valence-electron chi connectivity index (χ1n) is 8.18. The van der Waals surface area contributed by atoms with Gasteiger partial charge in [-0.1, -0.05) is 25.9 Å². The summed E-state index contributed by atoms with van der Waals surface area (Å²) in [4.78, 5) is 16.2. The van der Waals surface area contributed by atoms with Crippen molar-refractivity contribution < 1.29 is 14.1 Å². The first-order chi connectivity index (χ1) is 11.3. The number of carbonyl (C=O) groups excluding carboxylic acids is 1. The van der Waals surface area contributed by atoms with Gasteiger partial charge in [0.05, 0.1) is 0 Å². The predicted molar refractivity (Wildman–Crippen MR) is 91.8 cm³/mol. The Bertz CT molecular complexity index is 675. The van der Waals surface area contributed by atoms with Crippen molar-refractivity contribution in [1.29, 1.82) is 0 Å². The Balaban J connectivity index is 1.93. The maximum absolute atomic E-state index is 11.9. The lowest BCUT2D eigenvalue weighted by atomic mass is 10.0. The van der Waals surface area contributed by atoms with Crippen molar-refractivity contribution in [2.45, 2.75) is 52.5 Å². The van der Waals surface area contributed by atoms with Crippen LogP contribution in [0.4, 0.5) is 0 Å². The molecule has 130 valence electrons. The molecular formula is C18H25N3O3. The summed E-state index contributed by atoms with van der Waals surface area (Å²) in [5.41, 5.74) is 0.592. The van der Waals surface area contributed by atoms with E-state index in [-0.39, 0.29) is 24.0 Å². The van der Waals surface area contributed by atoms with Crippen LogP contribution in [-0.4, -0.2) is 28.2 Å². The van der Waals surface area contributed by atoms with E-state index < -0.39 is 0 Å². The Hall–Kier alpha value is -2.37. The van der Waals surface area contributed by atoms with Crippen molar-refractivity contribution in [2.75, 3.05) is 6.61 Å². The van der Waals surface area contributed by atoms with Gasteiger partial charge in [-0.2, -0.15) is 4.98 Å². The first kappa shape index (κ1) is 18.0. The number of amides is 1. The van der Waals surface area contributed by atoms with E-state index in [1.165, 1.54) is 0 Å². The van der Waals surface area contributed by atoms with Crippen LogP contribution in [0.15, 0.2) is 28.8 Å². The largest absolute Gasteiger partial charge is 0.484 e. The van der Waals surface area contributed by atoms with E-state index >= 15 is 0 Å². The second-order valence-electron chi connectivity index (χ2n) is 6.71. The molecule has 1 aromatic carbocycles. The quantitative estimate of drug-likeness (QED) is 0.839. The average Bonchev–Trinajstić information content (AvgIpc) is 3.03. The zero-order chi connectivity index (χ0) is 17.7. The van der Waals surface area contributed by atoms with E-state index in [4.69, 9.17) is 9.26 Å². The average molecular weight is 331 g/mol. The van der Waals surface area contributed by atoms with Gasteiger partial charge in [0, 0.05) is 17.0 Å². The third-order valence-electron chi connectivity index (χ3n) is 3.79. The Morgan fingerprint density at radius 1 is 1.29 bits per heavy atom. The molecule has 0 atom stereocenters. The van der Waals surface area contributed by atoms with Crippen molar-refractivity contribution in [3.05, 3.63) is 30.1 Å². The fraction of sp³-hybridized carbons (Fsp3) is 0.500. The Labute approximate surface area is 142 Å². The van der Waals surface area contributed by atoms with Crippen LogP contribution < -0.4 is 10.1 Å². The molecule has 0 fully saturated rings. The van der Waals surface area contributed by atoms with Gasteiger partial charge in [0.2, 0.25) is 0 Å². The number of ether oxygens (including phenoxy) is 1. The second kappa shape index (κ2) is 7.47. The molecule has 0 aliphatic heterocycles. The van der Waals surface area contributed by atoms with Gasteiger partial charge in [-0.25, -0.2) is 0 Å². The van der Waals surface area contributed by atoms with E-state index in [9.17, 15) is 4.79 Å². The highest BCUT2D eigenvalue weighted by Gasteiger charge is 2.18. The molecule has 0 aliphatic rings. The van der Waals surface area contributed by atoms with Gasteiger partial charge in [0.15, 0.2) is 12.4 Å². The molecule has 0 spiro atoms. The summed E-state index contributed by atoms with van der Waals surface area (Å²) < 4.78 is 10.8. The van der Waals surface area contributed by atoms with Crippen molar-refractivity contribution in [2.24, 2.45) is 0 Å². The maximum Gasteiger partial charge on any atom is 0.258 e. The van der Waals surface area contributed by atoms with Crippen molar-refractivity contribution in [1.82, 2.24) is 15.5 Å². The van der Waals surface area contributed by atoms with Crippen LogP contribution in [0.2, 0.25) is 0 Å². The SMILES string of the molecule is CCC(C)(C)NC(=O)COc1ccc(-c2nc(C(C)C)no2)cc1. The minimum absolute atomic E-state index is 0.0131. The van der Waals surface area contributed by atoms with E-state index in [2.05, 4.69) is 15.5 Å². The van der Waals surface area contributed by atoms with E-state index in [0.717, 1.165) is 12.0 Å². The zero-order valence-corrected chi connectivity index (χ0v) is 14.9. The third kappa shape index (κ3) is 4.81. The van der Waals surface area contributed by atoms with Crippen molar-refractivity contribution in [3.63, 3.8) is 0 Å². The number of aromatic nitrogens is 2. The zero-order valence-electron chi connectivity index (χ0n) is 14.9. The number of carbonyl (C=O) groups is 1. The molecule has 0 bridgehead atoms. The molecule has 6 nitrogen and oxygen atoms in total. The molecule has 2 rings (SSSR count). The molecule has 0 radical (unpaired) electrons. The van der Waals surface area contributed by atoms with Gasteiger partial charge < -0.3 is 14.6 Å². The van der Waals surface area contributed by atoms with Crippen LogP contribution in [0.3, 0.4) is 0 Å². The lowest BCUT2D eigenvalue weighted by molar-refractivity contribution is -0.124. The molecule has 1 amide bonds. The van der Waals surface area contributed by atoms with Crippen LogP contribution in [0.1, 0.15) is 52.8 Å². The molecule has 1 heterocycles. The lowest BCUT2D eigenvalue weighted by Crippen LogP contribution is -2.44. The minimum atomic E-state index is -0.226. The van der Waals surface area contributed by atoms with Gasteiger partial charge >= 0.3 is 0 Å². The normalized spacial score (nSPS) is 11.6. The van der Waals surface area contributed by atoms with Crippen LogP contribution >= 0.6 is 0 Å². The van der Waals surface area contributed by atoms with Crippen LogP contribution in [0, 0.1) is 0 Å². The molecule has 0 saturated heterocycles. The molecule has 0 aliphatic carbocycles. The molecule has 0 saturated carbocycles. The third-order valence-corrected chi connectivity index (χ3v) is 3.79. The molecule has 1 aromatic heterocycles. The van der Waals surface area contributed by atoms with Gasteiger partial charge in [-0.3, -0.25) is 4.79 Å². The highest BCUT2D eigenvalue weighted by Crippen LogP contribution is 2.22. The summed E-state index contributed by atoms with van der Waals surface area (Å²) in [7, 11) is 0. The van der Waals surface area contributed by atoms with Crippen molar-refractivity contribution in [3.8, 4) is 17.2 Å². The topological polar surface area (TPSA) is 77.2 Å². The fourth-order valence-electron chi connectivity index (χ4n) is 1.93. The minimum Gasteiger partial charge on any atom is -0.484 e. The van der Waals surface area contributed by atoms with Gasteiger partial charge in [-0.15, -0.1) is 0 Å². The molecule has 2 aromatic rings. The summed E-state index contributed by atoms with van der Waals surface area (Å²) in [6.45, 7) is 10.0. The maximum atomic E-state index is 11.9. The Morgan fingerprint density at radius 3 is 2.50 bits per heavy atom. The smallest absolute Gasteiger partial charge is 0.258 e. The summed E-state index contributed by atoms with van der Waals surface area (Å²) in [5.74, 6) is 1.86. The monoisotopic (exact) mass is 331 g/mol. The van der Waals surface area contributed by atoms with Gasteiger partial charge in [0.25, 0.3) is 11.8 Å².